The van der Waals surface area contributed by atoms with Crippen molar-refractivity contribution in [2.45, 2.75) is 187 Å². The second-order valence-electron chi connectivity index (χ2n) is 13.1. The second kappa shape index (κ2) is 23.1. The number of amides is 1. The van der Waals surface area contributed by atoms with E-state index >= 15 is 0 Å². The third kappa shape index (κ3) is 14.1. The van der Waals surface area contributed by atoms with Gasteiger partial charge < -0.3 is 0 Å². The molecule has 0 aromatic carbocycles. The van der Waals surface area contributed by atoms with Gasteiger partial charge in [0.1, 0.15) is 0 Å². The zero-order valence-electron chi connectivity index (χ0n) is 28.4. The van der Waals surface area contributed by atoms with Gasteiger partial charge in [-0.1, -0.05) is 0 Å². The molecule has 0 N–H and O–H groups in total. The van der Waals surface area contributed by atoms with Crippen molar-refractivity contribution in [3.63, 3.8) is 0 Å². The molecule has 3 nitrogen and oxygen atoms in total. The molecule has 1 amide bonds. The molecule has 5 heteroatoms. The van der Waals surface area contributed by atoms with E-state index in [0.29, 0.717) is 0 Å². The minimum absolute atomic E-state index is 0.149. The van der Waals surface area contributed by atoms with Gasteiger partial charge in [-0.05, 0) is 0 Å². The average molecular weight is 763 g/mol. The van der Waals surface area contributed by atoms with Gasteiger partial charge in [0, 0.05) is 0 Å². The van der Waals surface area contributed by atoms with E-state index in [9.17, 15) is 4.79 Å². The van der Waals surface area contributed by atoms with Gasteiger partial charge in [-0.3, -0.25) is 0 Å². The monoisotopic (exact) mass is 765 g/mol. The van der Waals surface area contributed by atoms with Crippen LogP contribution in [0.15, 0.2) is 12.3 Å². The summed E-state index contributed by atoms with van der Waals surface area (Å²) in [7, 11) is 0. The molecule has 0 aromatic rings. The fraction of sp³-hybridized carbons (Fsp3) is 0.912. The molecule has 0 saturated carbocycles. The average Bonchev–Trinajstić information content (AvgIpc) is 2.91. The van der Waals surface area contributed by atoms with Gasteiger partial charge in [0.15, 0.2) is 0 Å². The van der Waals surface area contributed by atoms with Crippen molar-refractivity contribution in [1.82, 2.24) is 4.90 Å². The number of nitrogens with zero attached hydrogens (tertiary/aromatic N) is 1. The van der Waals surface area contributed by atoms with E-state index in [0.717, 1.165) is 1.95 Å². The molecule has 232 valence electrons. The van der Waals surface area contributed by atoms with Crippen LogP contribution in [0.1, 0.15) is 146 Å². The van der Waals surface area contributed by atoms with Crippen LogP contribution in [0.5, 0.6) is 0 Å². The predicted octanol–water partition coefficient (Wildman–Crippen LogP) is 12.4. The maximum atomic E-state index is 13.2. The van der Waals surface area contributed by atoms with E-state index in [1.54, 1.807) is 26.6 Å². The van der Waals surface area contributed by atoms with Crippen LogP contribution in [0.2, 0.25) is 28.6 Å². The molecule has 0 heterocycles. The number of hydrogen-bond donors (Lipinski definition) is 0. The zero-order valence-corrected chi connectivity index (χ0v) is 34.1. The van der Waals surface area contributed by atoms with Crippen LogP contribution in [-0.2, 0) is 4.74 Å². The first kappa shape index (κ1) is 39.6. The number of hydrogen-bond acceptors (Lipinski definition) is 2. The molecular formula is C34H71NO2Sn2. The summed E-state index contributed by atoms with van der Waals surface area (Å²) >= 11 is -5.26. The molecule has 0 aliphatic carbocycles. The Morgan fingerprint density at radius 2 is 0.872 bits per heavy atom. The summed E-state index contributed by atoms with van der Waals surface area (Å²) in [5.41, 5.74) is 0. The maximum absolute atomic E-state index is 13.2. The van der Waals surface area contributed by atoms with E-state index in [4.69, 9.17) is 4.74 Å². The summed E-state index contributed by atoms with van der Waals surface area (Å²) in [6.45, 7) is 22.8. The van der Waals surface area contributed by atoms with E-state index < -0.39 is 36.8 Å². The Hall–Kier alpha value is 0.607. The van der Waals surface area contributed by atoms with Crippen LogP contribution >= 0.6 is 0 Å². The molecule has 0 saturated heterocycles. The van der Waals surface area contributed by atoms with Gasteiger partial charge in [-0.2, -0.15) is 0 Å². The Bertz CT molecular complexity index is 551. The Morgan fingerprint density at radius 3 is 1.10 bits per heavy atom. The Balaban J connectivity index is 6.96. The van der Waals surface area contributed by atoms with E-state index in [2.05, 4.69) is 75.3 Å². The molecule has 0 radical (unpaired) electrons. The molecule has 0 rings (SSSR count). The topological polar surface area (TPSA) is 29.5 Å². The van der Waals surface area contributed by atoms with E-state index in [-0.39, 0.29) is 18.2 Å². The summed E-state index contributed by atoms with van der Waals surface area (Å²) in [4.78, 5) is 15.1. The van der Waals surface area contributed by atoms with Crippen LogP contribution in [0.25, 0.3) is 0 Å². The number of unbranched alkanes of at least 4 members (excludes halogenated alkanes) is 6. The fourth-order valence-electron chi connectivity index (χ4n) is 7.17. The first-order valence-corrected chi connectivity index (χ1v) is 32.7. The molecule has 0 atom stereocenters. The molecule has 0 bridgehead atoms. The predicted molar refractivity (Wildman–Crippen MR) is 181 cm³/mol. The summed E-state index contributed by atoms with van der Waals surface area (Å²) in [5.74, 6) is 0. The van der Waals surface area contributed by atoms with Crippen LogP contribution in [-0.4, -0.2) is 59.8 Å². The second-order valence-corrected chi connectivity index (χ2v) is 45.5. The molecule has 0 spiro atoms. The van der Waals surface area contributed by atoms with Gasteiger partial charge in [0.2, 0.25) is 0 Å². The third-order valence-electron chi connectivity index (χ3n) is 9.25. The van der Waals surface area contributed by atoms with Crippen LogP contribution in [0.4, 0.5) is 4.79 Å². The normalized spacial score (nSPS) is 12.8. The zero-order chi connectivity index (χ0) is 29.7. The Kier molecular flexibility index (Phi) is 23.5. The summed E-state index contributed by atoms with van der Waals surface area (Å²) in [5, 5.41) is 0. The van der Waals surface area contributed by atoms with Gasteiger partial charge in [-0.25, -0.2) is 0 Å². The molecule has 0 aliphatic rings. The van der Waals surface area contributed by atoms with E-state index in [1.165, 1.54) is 77.0 Å². The quantitative estimate of drug-likeness (QED) is 0.0724. The van der Waals surface area contributed by atoms with Gasteiger partial charge >= 0.3 is 257 Å². The van der Waals surface area contributed by atoms with Gasteiger partial charge in [0.25, 0.3) is 0 Å². The molecular weight excluding hydrogens is 692 g/mol. The van der Waals surface area contributed by atoms with Crippen molar-refractivity contribution in [3.8, 4) is 0 Å². The summed E-state index contributed by atoms with van der Waals surface area (Å²) in [6.07, 6.45) is 20.8. The Labute approximate surface area is 254 Å². The van der Waals surface area contributed by atoms with E-state index in [1.807, 2.05) is 11.2 Å². The van der Waals surface area contributed by atoms with Crippen molar-refractivity contribution in [2.24, 2.45) is 0 Å². The fourth-order valence-corrected chi connectivity index (χ4v) is 82.8. The van der Waals surface area contributed by atoms with Crippen LogP contribution < -0.4 is 0 Å². The third-order valence-corrected chi connectivity index (χ3v) is 64.4. The van der Waals surface area contributed by atoms with Crippen molar-refractivity contribution in [1.29, 1.82) is 0 Å². The van der Waals surface area contributed by atoms with Crippen LogP contribution in [0, 0.1) is 0 Å². The molecule has 0 aliphatic heterocycles. The standard InChI is InChI=1S/C10H17NO2.6C4H9.2Sn/c1-6-7-13-10(12)11(8(2)3)9(4)5;6*1-3-4-2;;/h1,6-9H,2-5H3;6*1,3-4H2,2H3;;/b7-6-;;;;;;;;. The van der Waals surface area contributed by atoms with Crippen molar-refractivity contribution >= 4 is 42.8 Å². The number of carbonyl (C=O) groups is 1. The molecule has 0 unspecified atom stereocenters. The molecule has 0 fully saturated rings. The molecule has 39 heavy (non-hydrogen) atoms. The SMILES string of the molecule is CCC[CH2][Sn]([CH2]CCC)([CH2]CCC)[CH](/C=C\OC(=O)N(C(C)C)C(C)C)[Sn]([CH2]CCC)([CH2]CCC)[CH2]CCC. The summed E-state index contributed by atoms with van der Waals surface area (Å²) < 4.78 is 16.3. The number of carbonyl (C=O) groups excluding carboxylic acids is 1. The van der Waals surface area contributed by atoms with Crippen molar-refractivity contribution in [3.05, 3.63) is 12.3 Å². The minimum atomic E-state index is -2.63. The Morgan fingerprint density at radius 1 is 0.590 bits per heavy atom. The number of rotatable bonds is 24. The van der Waals surface area contributed by atoms with Crippen molar-refractivity contribution in [2.75, 3.05) is 0 Å². The van der Waals surface area contributed by atoms with Crippen LogP contribution in [0.3, 0.4) is 0 Å². The van der Waals surface area contributed by atoms with Crippen molar-refractivity contribution < 1.29 is 9.53 Å². The number of allylic oxidation sites excluding steroid dienone is 1. The first-order chi connectivity index (χ1) is 18.6. The number of ether oxygens (including phenoxy) is 1. The first-order valence-electron chi connectivity index (χ1n) is 17.3. The summed E-state index contributed by atoms with van der Waals surface area (Å²) in [6, 6.07) is 0.297. The van der Waals surface area contributed by atoms with Gasteiger partial charge in [0.05, 0.1) is 0 Å². The van der Waals surface area contributed by atoms with Gasteiger partial charge in [-0.15, -0.1) is 0 Å². The molecule has 0 aromatic heterocycles.